The molecule has 1 aromatic heterocycles. The largest absolute Gasteiger partial charge is 0.325 e. The van der Waals surface area contributed by atoms with Crippen molar-refractivity contribution >= 4 is 69.9 Å². The van der Waals surface area contributed by atoms with Gasteiger partial charge in [-0.1, -0.05) is 41.9 Å². The Bertz CT molecular complexity index is 1490. The molecule has 4 rings (SSSR count). The third kappa shape index (κ3) is 8.07. The molecule has 3 amide bonds. The number of nitrogens with one attached hydrogen (secondary N) is 3. The van der Waals surface area contributed by atoms with Gasteiger partial charge in [0, 0.05) is 31.7 Å². The van der Waals surface area contributed by atoms with Crippen molar-refractivity contribution in [3.8, 4) is 0 Å². The summed E-state index contributed by atoms with van der Waals surface area (Å²) in [5.41, 5.74) is 2.75. The molecule has 1 unspecified atom stereocenters. The molecule has 3 N–H and O–H groups in total. The van der Waals surface area contributed by atoms with Crippen LogP contribution in [0.15, 0.2) is 101 Å². The number of benzene rings is 3. The molecule has 0 aliphatic carbocycles. The van der Waals surface area contributed by atoms with Crippen molar-refractivity contribution in [1.29, 1.82) is 0 Å². The third-order valence-corrected chi connectivity index (χ3v) is 7.78. The summed E-state index contributed by atoms with van der Waals surface area (Å²) in [5.74, 6) is -0.960. The predicted molar refractivity (Wildman–Crippen MR) is 161 cm³/mol. The lowest BCUT2D eigenvalue weighted by molar-refractivity contribution is -0.115. The van der Waals surface area contributed by atoms with Gasteiger partial charge in [0.25, 0.3) is 11.8 Å². The highest BCUT2D eigenvalue weighted by Gasteiger charge is 2.17. The van der Waals surface area contributed by atoms with E-state index in [9.17, 15) is 14.4 Å². The van der Waals surface area contributed by atoms with E-state index in [1.165, 1.54) is 23.1 Å². The highest BCUT2D eigenvalue weighted by Crippen LogP contribution is 2.27. The molecular formula is C30H26ClN3O3S2. The Kier molecular flexibility index (Phi) is 9.59. The summed E-state index contributed by atoms with van der Waals surface area (Å²) < 4.78 is 0. The minimum absolute atomic E-state index is 0.131. The van der Waals surface area contributed by atoms with Crippen LogP contribution in [0.1, 0.15) is 27.7 Å². The van der Waals surface area contributed by atoms with E-state index < -0.39 is 5.91 Å². The number of rotatable bonds is 9. The van der Waals surface area contributed by atoms with Gasteiger partial charge in [-0.05, 0) is 85.5 Å². The maximum absolute atomic E-state index is 13.1. The van der Waals surface area contributed by atoms with E-state index >= 15 is 0 Å². The minimum atomic E-state index is -0.447. The molecular weight excluding hydrogens is 550 g/mol. The Hall–Kier alpha value is -3.85. The van der Waals surface area contributed by atoms with Crippen molar-refractivity contribution in [3.05, 3.63) is 117 Å². The molecule has 4 aromatic rings. The van der Waals surface area contributed by atoms with Gasteiger partial charge in [-0.15, -0.1) is 23.1 Å². The van der Waals surface area contributed by atoms with E-state index in [-0.39, 0.29) is 22.8 Å². The van der Waals surface area contributed by atoms with E-state index in [0.29, 0.717) is 22.0 Å². The summed E-state index contributed by atoms with van der Waals surface area (Å²) in [6.07, 6.45) is 1.65. The summed E-state index contributed by atoms with van der Waals surface area (Å²) in [4.78, 5) is 40.3. The summed E-state index contributed by atoms with van der Waals surface area (Å²) >= 11 is 8.92. The average molecular weight is 576 g/mol. The Morgan fingerprint density at radius 1 is 0.923 bits per heavy atom. The standard InChI is InChI=1S/C30H26ClN3O3S2/c1-19-10-11-22(31)17-26(19)33-28(35)20(2)39-24-14-12-23(13-15-24)32-30(37)27(18-25-9-6-16-38-25)34-29(36)21-7-4-3-5-8-21/h3-18,20H,1-2H3,(H,32,37)(H,33,35)(H,34,36)/b27-18-. The summed E-state index contributed by atoms with van der Waals surface area (Å²) in [7, 11) is 0. The van der Waals surface area contributed by atoms with Gasteiger partial charge < -0.3 is 16.0 Å². The number of thiophene rings is 1. The van der Waals surface area contributed by atoms with Crippen LogP contribution in [-0.2, 0) is 9.59 Å². The number of carbonyl (C=O) groups is 3. The quantitative estimate of drug-likeness (QED) is 0.145. The number of hydrogen-bond acceptors (Lipinski definition) is 5. The van der Waals surface area contributed by atoms with Crippen LogP contribution in [0, 0.1) is 6.92 Å². The molecule has 1 heterocycles. The van der Waals surface area contributed by atoms with Gasteiger partial charge in [-0.2, -0.15) is 0 Å². The van der Waals surface area contributed by atoms with Gasteiger partial charge in [0.1, 0.15) is 5.70 Å². The number of anilines is 2. The number of thioether (sulfide) groups is 1. The van der Waals surface area contributed by atoms with Crippen LogP contribution in [-0.4, -0.2) is 23.0 Å². The van der Waals surface area contributed by atoms with Gasteiger partial charge in [-0.3, -0.25) is 14.4 Å². The molecule has 39 heavy (non-hydrogen) atoms. The minimum Gasteiger partial charge on any atom is -0.325 e. The first-order valence-corrected chi connectivity index (χ1v) is 14.2. The van der Waals surface area contributed by atoms with Crippen LogP contribution in [0.2, 0.25) is 5.02 Å². The zero-order valence-electron chi connectivity index (χ0n) is 21.2. The van der Waals surface area contributed by atoms with Crippen molar-refractivity contribution < 1.29 is 14.4 Å². The monoisotopic (exact) mass is 575 g/mol. The fraction of sp³-hybridized carbons (Fsp3) is 0.100. The lowest BCUT2D eigenvalue weighted by Gasteiger charge is -2.14. The van der Waals surface area contributed by atoms with E-state index in [0.717, 1.165) is 15.3 Å². The Labute approximate surface area is 240 Å². The molecule has 0 aliphatic heterocycles. The van der Waals surface area contributed by atoms with Crippen LogP contribution < -0.4 is 16.0 Å². The molecule has 0 aliphatic rings. The van der Waals surface area contributed by atoms with Gasteiger partial charge in [0.15, 0.2) is 0 Å². The Morgan fingerprint density at radius 2 is 1.67 bits per heavy atom. The van der Waals surface area contributed by atoms with Crippen LogP contribution in [0.3, 0.4) is 0 Å². The number of amides is 3. The summed E-state index contributed by atoms with van der Waals surface area (Å²) in [6, 6.07) is 25.0. The Morgan fingerprint density at radius 3 is 2.36 bits per heavy atom. The van der Waals surface area contributed by atoms with Crippen molar-refractivity contribution in [3.63, 3.8) is 0 Å². The number of aryl methyl sites for hydroxylation is 1. The van der Waals surface area contributed by atoms with Crippen LogP contribution in [0.5, 0.6) is 0 Å². The molecule has 198 valence electrons. The van der Waals surface area contributed by atoms with Crippen LogP contribution >= 0.6 is 34.7 Å². The SMILES string of the molecule is Cc1ccc(Cl)cc1NC(=O)C(C)Sc1ccc(NC(=O)/C(=C/c2cccs2)NC(=O)c2ccccc2)cc1. The lowest BCUT2D eigenvalue weighted by Crippen LogP contribution is -2.30. The van der Waals surface area contributed by atoms with Crippen molar-refractivity contribution in [2.45, 2.75) is 24.0 Å². The highest BCUT2D eigenvalue weighted by molar-refractivity contribution is 8.00. The number of carbonyl (C=O) groups excluding carboxylic acids is 3. The molecule has 3 aromatic carbocycles. The van der Waals surface area contributed by atoms with Gasteiger partial charge in [-0.25, -0.2) is 0 Å². The number of hydrogen-bond donors (Lipinski definition) is 3. The maximum atomic E-state index is 13.1. The fourth-order valence-electron chi connectivity index (χ4n) is 3.49. The van der Waals surface area contributed by atoms with Crippen molar-refractivity contribution in [2.75, 3.05) is 10.6 Å². The van der Waals surface area contributed by atoms with Gasteiger partial charge in [0.05, 0.1) is 5.25 Å². The highest BCUT2D eigenvalue weighted by atomic mass is 35.5. The normalized spacial score (nSPS) is 11.9. The molecule has 6 nitrogen and oxygen atoms in total. The maximum Gasteiger partial charge on any atom is 0.272 e. The van der Waals surface area contributed by atoms with E-state index in [4.69, 9.17) is 11.6 Å². The number of halogens is 1. The molecule has 0 fully saturated rings. The average Bonchev–Trinajstić information content (AvgIpc) is 3.45. The van der Waals surface area contributed by atoms with E-state index in [2.05, 4.69) is 16.0 Å². The zero-order chi connectivity index (χ0) is 27.8. The fourth-order valence-corrected chi connectivity index (χ4v) is 5.19. The first kappa shape index (κ1) is 28.2. The molecule has 0 spiro atoms. The molecule has 0 bridgehead atoms. The molecule has 0 saturated carbocycles. The van der Waals surface area contributed by atoms with Crippen molar-refractivity contribution in [1.82, 2.24) is 5.32 Å². The topological polar surface area (TPSA) is 87.3 Å². The van der Waals surface area contributed by atoms with E-state index in [1.54, 1.807) is 54.6 Å². The molecule has 0 radical (unpaired) electrons. The van der Waals surface area contributed by atoms with E-state index in [1.807, 2.05) is 55.6 Å². The van der Waals surface area contributed by atoms with Crippen LogP contribution in [0.4, 0.5) is 11.4 Å². The summed E-state index contributed by atoms with van der Waals surface area (Å²) in [5, 5.41) is 10.6. The van der Waals surface area contributed by atoms with Gasteiger partial charge in [0.2, 0.25) is 5.91 Å². The Balaban J connectivity index is 1.40. The molecule has 1 atom stereocenters. The first-order valence-electron chi connectivity index (χ1n) is 12.0. The lowest BCUT2D eigenvalue weighted by atomic mass is 10.2. The second-order valence-corrected chi connectivity index (χ2v) is 11.4. The zero-order valence-corrected chi connectivity index (χ0v) is 23.6. The third-order valence-electron chi connectivity index (χ3n) is 5.61. The first-order chi connectivity index (χ1) is 18.8. The smallest absolute Gasteiger partial charge is 0.272 e. The predicted octanol–water partition coefficient (Wildman–Crippen LogP) is 7.24. The molecule has 9 heteroatoms. The second kappa shape index (κ2) is 13.3. The van der Waals surface area contributed by atoms with Gasteiger partial charge >= 0.3 is 0 Å². The summed E-state index contributed by atoms with van der Waals surface area (Å²) in [6.45, 7) is 3.73. The second-order valence-electron chi connectivity index (χ2n) is 8.58. The van der Waals surface area contributed by atoms with Crippen molar-refractivity contribution in [2.24, 2.45) is 0 Å². The molecule has 0 saturated heterocycles. The van der Waals surface area contributed by atoms with Crippen LogP contribution in [0.25, 0.3) is 6.08 Å².